The van der Waals surface area contributed by atoms with Gasteiger partial charge in [0.15, 0.2) is 0 Å². The monoisotopic (exact) mass is 329 g/mol. The fraction of sp³-hybridized carbons (Fsp3) is 0.500. The Labute approximate surface area is 151 Å². The minimum absolute atomic E-state index is 0.284. The normalized spacial score (nSPS) is 33.4. The Bertz CT molecular complexity index is 758. The number of nitrogens with zero attached hydrogens (tertiary/aromatic N) is 1. The molecule has 0 N–H and O–H groups in total. The van der Waals surface area contributed by atoms with E-state index in [9.17, 15) is 0 Å². The number of para-hydroxylation sites is 2. The Morgan fingerprint density at radius 2 is 1.24 bits per heavy atom. The zero-order valence-corrected chi connectivity index (χ0v) is 15.1. The van der Waals surface area contributed by atoms with E-state index in [1.807, 2.05) is 0 Å². The molecule has 1 spiro atoms. The molecule has 0 saturated heterocycles. The molecule has 2 aromatic carbocycles. The molecule has 0 radical (unpaired) electrons. The number of hydrogen-bond donors (Lipinski definition) is 0. The Hall–Kier alpha value is -1.76. The fourth-order valence-corrected chi connectivity index (χ4v) is 7.54. The second-order valence-electron chi connectivity index (χ2n) is 8.95. The summed E-state index contributed by atoms with van der Waals surface area (Å²) in [4.78, 5) is 2.56. The van der Waals surface area contributed by atoms with Gasteiger partial charge in [-0.3, -0.25) is 0 Å². The number of rotatable bonds is 1. The van der Waals surface area contributed by atoms with Crippen molar-refractivity contribution in [3.8, 4) is 0 Å². The number of hydrogen-bond acceptors (Lipinski definition) is 1. The Morgan fingerprint density at radius 1 is 0.760 bits per heavy atom. The molecule has 4 aliphatic carbocycles. The largest absolute Gasteiger partial charge is 0.341 e. The molecule has 4 bridgehead atoms. The van der Waals surface area contributed by atoms with Gasteiger partial charge in [-0.2, -0.15) is 0 Å². The van der Waals surface area contributed by atoms with Gasteiger partial charge in [0.2, 0.25) is 0 Å². The van der Waals surface area contributed by atoms with Crippen LogP contribution in [0, 0.1) is 23.7 Å². The summed E-state index contributed by atoms with van der Waals surface area (Å²) in [5.74, 6) is 3.73. The van der Waals surface area contributed by atoms with Gasteiger partial charge in [0.1, 0.15) is 0 Å². The van der Waals surface area contributed by atoms with Crippen LogP contribution < -0.4 is 4.90 Å². The number of benzene rings is 2. The van der Waals surface area contributed by atoms with E-state index in [-0.39, 0.29) is 5.41 Å². The molecule has 1 nitrogen and oxygen atoms in total. The first-order valence-corrected chi connectivity index (χ1v) is 10.3. The maximum absolute atomic E-state index is 2.56. The number of anilines is 2. The molecule has 25 heavy (non-hydrogen) atoms. The quantitative estimate of drug-likeness (QED) is 0.629. The summed E-state index contributed by atoms with van der Waals surface area (Å²) in [6.45, 7) is 3.34. The van der Waals surface area contributed by atoms with Gasteiger partial charge in [0, 0.05) is 23.3 Å². The third-order valence-electron chi connectivity index (χ3n) is 8.02. The topological polar surface area (TPSA) is 3.24 Å². The predicted octanol–water partition coefficient (Wildman–Crippen LogP) is 5.90. The van der Waals surface area contributed by atoms with Gasteiger partial charge in [-0.15, -0.1) is 0 Å². The van der Waals surface area contributed by atoms with Crippen LogP contribution in [0.5, 0.6) is 0 Å². The van der Waals surface area contributed by atoms with Gasteiger partial charge >= 0.3 is 0 Å². The van der Waals surface area contributed by atoms with E-state index in [4.69, 9.17) is 0 Å². The van der Waals surface area contributed by atoms with E-state index in [1.165, 1.54) is 43.5 Å². The van der Waals surface area contributed by atoms with Crippen molar-refractivity contribution in [1.29, 1.82) is 0 Å². The second kappa shape index (κ2) is 4.90. The Balaban J connectivity index is 1.67. The van der Waals surface area contributed by atoms with E-state index < -0.39 is 0 Å². The van der Waals surface area contributed by atoms with Crippen molar-refractivity contribution in [3.05, 3.63) is 59.7 Å². The van der Waals surface area contributed by atoms with Crippen LogP contribution in [0.1, 0.15) is 50.2 Å². The van der Waals surface area contributed by atoms with E-state index in [1.54, 1.807) is 11.1 Å². The average Bonchev–Trinajstić information content (AvgIpc) is 2.64. The smallest absolute Gasteiger partial charge is 0.0452 e. The molecular weight excluding hydrogens is 302 g/mol. The zero-order chi connectivity index (χ0) is 16.6. The van der Waals surface area contributed by atoms with Gasteiger partial charge in [-0.25, -0.2) is 0 Å². The van der Waals surface area contributed by atoms with Crippen molar-refractivity contribution in [2.24, 2.45) is 23.7 Å². The first kappa shape index (κ1) is 14.4. The van der Waals surface area contributed by atoms with Crippen LogP contribution in [-0.2, 0) is 5.41 Å². The lowest BCUT2D eigenvalue weighted by Crippen LogP contribution is -2.57. The highest BCUT2D eigenvalue weighted by Gasteiger charge is 2.61. The molecule has 1 heteroatoms. The van der Waals surface area contributed by atoms with Crippen LogP contribution in [0.3, 0.4) is 0 Å². The summed E-state index contributed by atoms with van der Waals surface area (Å²) in [5, 5.41) is 0. The molecule has 0 atom stereocenters. The summed E-state index contributed by atoms with van der Waals surface area (Å²) in [5.41, 5.74) is 6.53. The van der Waals surface area contributed by atoms with Crippen LogP contribution in [-0.4, -0.2) is 6.54 Å². The molecule has 2 aromatic rings. The SMILES string of the molecule is CCN1c2ccccc2C2(c3ccccc31)C1CC3CC(C1)CC2C3. The lowest BCUT2D eigenvalue weighted by atomic mass is 9.41. The van der Waals surface area contributed by atoms with Crippen molar-refractivity contribution in [1.82, 2.24) is 0 Å². The second-order valence-corrected chi connectivity index (χ2v) is 8.95. The Morgan fingerprint density at radius 3 is 1.72 bits per heavy atom. The van der Waals surface area contributed by atoms with Crippen molar-refractivity contribution < 1.29 is 0 Å². The van der Waals surface area contributed by atoms with E-state index in [0.717, 1.165) is 30.2 Å². The molecule has 128 valence electrons. The summed E-state index contributed by atoms with van der Waals surface area (Å²) in [6.07, 6.45) is 7.36. The third-order valence-corrected chi connectivity index (χ3v) is 8.02. The highest BCUT2D eigenvalue weighted by molar-refractivity contribution is 5.79. The average molecular weight is 329 g/mol. The third kappa shape index (κ3) is 1.65. The van der Waals surface area contributed by atoms with Crippen LogP contribution in [0.4, 0.5) is 11.4 Å². The van der Waals surface area contributed by atoms with E-state index in [2.05, 4.69) is 60.4 Å². The molecule has 4 saturated carbocycles. The van der Waals surface area contributed by atoms with Crippen molar-refractivity contribution in [3.63, 3.8) is 0 Å². The minimum Gasteiger partial charge on any atom is -0.341 e. The van der Waals surface area contributed by atoms with Gasteiger partial charge in [0.05, 0.1) is 0 Å². The maximum Gasteiger partial charge on any atom is 0.0452 e. The molecule has 4 fully saturated rings. The summed E-state index contributed by atoms with van der Waals surface area (Å²) < 4.78 is 0. The van der Waals surface area contributed by atoms with Crippen molar-refractivity contribution in [2.45, 2.75) is 44.4 Å². The first-order valence-electron chi connectivity index (χ1n) is 10.3. The Kier molecular flexibility index (Phi) is 2.83. The van der Waals surface area contributed by atoms with Crippen molar-refractivity contribution >= 4 is 11.4 Å². The van der Waals surface area contributed by atoms with Crippen LogP contribution in [0.2, 0.25) is 0 Å². The molecule has 0 unspecified atom stereocenters. The van der Waals surface area contributed by atoms with E-state index >= 15 is 0 Å². The van der Waals surface area contributed by atoms with Gasteiger partial charge in [-0.1, -0.05) is 36.4 Å². The van der Waals surface area contributed by atoms with Crippen LogP contribution >= 0.6 is 0 Å². The summed E-state index contributed by atoms with van der Waals surface area (Å²) in [7, 11) is 0. The highest BCUT2D eigenvalue weighted by atomic mass is 15.1. The maximum atomic E-state index is 2.56. The van der Waals surface area contributed by atoms with Crippen LogP contribution in [0.25, 0.3) is 0 Å². The number of fused-ring (bicyclic) bond motifs is 2. The molecule has 0 aromatic heterocycles. The molecule has 1 heterocycles. The van der Waals surface area contributed by atoms with Gasteiger partial charge in [-0.05, 0) is 86.0 Å². The molecule has 7 rings (SSSR count). The summed E-state index contributed by atoms with van der Waals surface area (Å²) >= 11 is 0. The minimum atomic E-state index is 0.284. The molecule has 5 aliphatic rings. The predicted molar refractivity (Wildman–Crippen MR) is 103 cm³/mol. The lowest BCUT2D eigenvalue weighted by Gasteiger charge is -2.64. The highest BCUT2D eigenvalue weighted by Crippen LogP contribution is 2.68. The first-order chi connectivity index (χ1) is 12.3. The van der Waals surface area contributed by atoms with Crippen LogP contribution in [0.15, 0.2) is 48.5 Å². The standard InChI is InChI=1S/C24H27N/c1-2-25-22-9-5-3-7-20(22)24(21-8-4-6-10-23(21)25)18-12-16-11-17(14-18)15-19(24)13-16/h3-10,16-19H,2,11-15H2,1H3. The van der Waals surface area contributed by atoms with Crippen molar-refractivity contribution in [2.75, 3.05) is 11.4 Å². The molecule has 0 amide bonds. The van der Waals surface area contributed by atoms with Gasteiger partial charge < -0.3 is 4.90 Å². The molecule has 1 aliphatic heterocycles. The summed E-state index contributed by atoms with van der Waals surface area (Å²) in [6, 6.07) is 18.7. The van der Waals surface area contributed by atoms with Gasteiger partial charge in [0.25, 0.3) is 0 Å². The fourth-order valence-electron chi connectivity index (χ4n) is 7.54. The molecular formula is C24H27N. The zero-order valence-electron chi connectivity index (χ0n) is 15.1. The lowest BCUT2D eigenvalue weighted by molar-refractivity contribution is -0.0420. The van der Waals surface area contributed by atoms with E-state index in [0.29, 0.717) is 0 Å².